The van der Waals surface area contributed by atoms with Gasteiger partial charge in [0.2, 0.25) is 0 Å². The molecule has 2 aliphatic heterocycles. The molecule has 0 atom stereocenters. The van der Waals surface area contributed by atoms with Crippen LogP contribution in [-0.2, 0) is 9.47 Å². The number of hydrogen-bond acceptors (Lipinski definition) is 4. The van der Waals surface area contributed by atoms with Gasteiger partial charge in [-0.2, -0.15) is 5.10 Å². The van der Waals surface area contributed by atoms with Crippen molar-refractivity contribution in [3.05, 3.63) is 12.4 Å². The van der Waals surface area contributed by atoms with E-state index in [1.807, 2.05) is 12.4 Å². The monoisotopic (exact) mass is 209 g/mol. The van der Waals surface area contributed by atoms with Gasteiger partial charge < -0.3 is 14.4 Å². The molecule has 2 fully saturated rings. The van der Waals surface area contributed by atoms with E-state index in [1.54, 1.807) is 0 Å². The molecular formula is C10H15N3O2. The molecular weight excluding hydrogens is 194 g/mol. The number of ether oxygens (including phenoxy) is 2. The molecule has 3 rings (SSSR count). The van der Waals surface area contributed by atoms with Crippen molar-refractivity contribution in [2.24, 2.45) is 0 Å². The summed E-state index contributed by atoms with van der Waals surface area (Å²) in [7, 11) is 0. The number of rotatable bonds is 1. The van der Waals surface area contributed by atoms with E-state index >= 15 is 0 Å². The van der Waals surface area contributed by atoms with Gasteiger partial charge in [-0.3, -0.25) is 5.10 Å². The van der Waals surface area contributed by atoms with Crippen molar-refractivity contribution in [3.63, 3.8) is 0 Å². The quantitative estimate of drug-likeness (QED) is 0.741. The van der Waals surface area contributed by atoms with Crippen LogP contribution < -0.4 is 4.90 Å². The van der Waals surface area contributed by atoms with Crippen molar-refractivity contribution >= 4 is 5.69 Å². The van der Waals surface area contributed by atoms with Gasteiger partial charge in [-0.1, -0.05) is 0 Å². The van der Waals surface area contributed by atoms with Gasteiger partial charge in [0.25, 0.3) is 0 Å². The lowest BCUT2D eigenvalue weighted by Crippen LogP contribution is -2.45. The molecule has 0 amide bonds. The van der Waals surface area contributed by atoms with E-state index in [0.717, 1.165) is 44.8 Å². The largest absolute Gasteiger partial charge is 0.369 e. The fourth-order valence-electron chi connectivity index (χ4n) is 2.31. The molecule has 1 N–H and O–H groups in total. The standard InChI is InChI=1S/C10H15N3O2/c1-3-13(9-7-11-12-8-9)4-2-10(1)14-5-6-15-10/h7-8H,1-6H2,(H,11,12). The molecule has 0 radical (unpaired) electrons. The van der Waals surface area contributed by atoms with E-state index in [1.165, 1.54) is 0 Å². The van der Waals surface area contributed by atoms with Crippen LogP contribution in [0.5, 0.6) is 0 Å². The number of H-pyrrole nitrogens is 1. The maximum absolute atomic E-state index is 5.67. The van der Waals surface area contributed by atoms with Gasteiger partial charge in [-0.25, -0.2) is 0 Å². The lowest BCUT2D eigenvalue weighted by atomic mass is 10.0. The molecule has 0 aromatic carbocycles. The zero-order valence-corrected chi connectivity index (χ0v) is 8.61. The minimum Gasteiger partial charge on any atom is -0.369 e. The Labute approximate surface area is 88.4 Å². The van der Waals surface area contributed by atoms with E-state index in [9.17, 15) is 0 Å². The molecule has 5 heteroatoms. The number of aromatic nitrogens is 2. The Morgan fingerprint density at radius 2 is 2.00 bits per heavy atom. The second kappa shape index (κ2) is 3.50. The smallest absolute Gasteiger partial charge is 0.171 e. The van der Waals surface area contributed by atoms with Crippen LogP contribution in [-0.4, -0.2) is 42.3 Å². The van der Waals surface area contributed by atoms with Gasteiger partial charge in [0.15, 0.2) is 5.79 Å². The van der Waals surface area contributed by atoms with E-state index in [4.69, 9.17) is 9.47 Å². The number of piperidine rings is 1. The zero-order chi connectivity index (χ0) is 10.1. The van der Waals surface area contributed by atoms with Crippen LogP contribution in [0.3, 0.4) is 0 Å². The van der Waals surface area contributed by atoms with Crippen molar-refractivity contribution < 1.29 is 9.47 Å². The fraction of sp³-hybridized carbons (Fsp3) is 0.700. The molecule has 15 heavy (non-hydrogen) atoms. The Hall–Kier alpha value is -1.07. The van der Waals surface area contributed by atoms with Crippen LogP contribution >= 0.6 is 0 Å². The highest BCUT2D eigenvalue weighted by molar-refractivity contribution is 5.42. The molecule has 1 aromatic heterocycles. The Morgan fingerprint density at radius 3 is 2.60 bits per heavy atom. The molecule has 0 bridgehead atoms. The molecule has 5 nitrogen and oxygen atoms in total. The summed E-state index contributed by atoms with van der Waals surface area (Å²) >= 11 is 0. The topological polar surface area (TPSA) is 50.4 Å². The summed E-state index contributed by atoms with van der Waals surface area (Å²) in [5, 5.41) is 6.79. The first-order valence-corrected chi connectivity index (χ1v) is 5.40. The van der Waals surface area contributed by atoms with E-state index < -0.39 is 0 Å². The Morgan fingerprint density at radius 1 is 1.27 bits per heavy atom. The van der Waals surface area contributed by atoms with Crippen molar-refractivity contribution in [3.8, 4) is 0 Å². The van der Waals surface area contributed by atoms with Crippen LogP contribution in [0.25, 0.3) is 0 Å². The molecule has 2 saturated heterocycles. The fourth-order valence-corrected chi connectivity index (χ4v) is 2.31. The zero-order valence-electron chi connectivity index (χ0n) is 8.61. The second-order valence-electron chi connectivity index (χ2n) is 4.05. The predicted octanol–water partition coefficient (Wildman–Crippen LogP) is 0.753. The summed E-state index contributed by atoms with van der Waals surface area (Å²) in [5.41, 5.74) is 1.16. The van der Waals surface area contributed by atoms with Crippen molar-refractivity contribution in [1.29, 1.82) is 0 Å². The highest BCUT2D eigenvalue weighted by Gasteiger charge is 2.39. The Bertz CT molecular complexity index is 309. The molecule has 0 unspecified atom stereocenters. The maximum Gasteiger partial charge on any atom is 0.171 e. The van der Waals surface area contributed by atoms with Gasteiger partial charge >= 0.3 is 0 Å². The first kappa shape index (κ1) is 9.18. The minimum absolute atomic E-state index is 0.278. The van der Waals surface area contributed by atoms with Crippen LogP contribution in [0, 0.1) is 0 Å². The number of nitrogens with one attached hydrogen (secondary N) is 1. The summed E-state index contributed by atoms with van der Waals surface area (Å²) in [5.74, 6) is -0.278. The lowest BCUT2D eigenvalue weighted by Gasteiger charge is -2.38. The van der Waals surface area contributed by atoms with Gasteiger partial charge in [-0.15, -0.1) is 0 Å². The van der Waals surface area contributed by atoms with Crippen LogP contribution in [0.15, 0.2) is 12.4 Å². The molecule has 0 saturated carbocycles. The van der Waals surface area contributed by atoms with E-state index in [2.05, 4.69) is 15.1 Å². The van der Waals surface area contributed by atoms with Crippen LogP contribution in [0.4, 0.5) is 5.69 Å². The van der Waals surface area contributed by atoms with Crippen LogP contribution in [0.1, 0.15) is 12.8 Å². The van der Waals surface area contributed by atoms with Gasteiger partial charge in [0.05, 0.1) is 25.1 Å². The Kier molecular flexibility index (Phi) is 2.14. The third-order valence-electron chi connectivity index (χ3n) is 3.19. The van der Waals surface area contributed by atoms with Gasteiger partial charge in [0, 0.05) is 32.1 Å². The highest BCUT2D eigenvalue weighted by Crippen LogP contribution is 2.32. The molecule has 1 spiro atoms. The summed E-state index contributed by atoms with van der Waals surface area (Å²) in [6.07, 6.45) is 5.67. The number of hydrogen-bond donors (Lipinski definition) is 1. The molecule has 0 aliphatic carbocycles. The van der Waals surface area contributed by atoms with Gasteiger partial charge in [0.1, 0.15) is 0 Å². The SMILES string of the molecule is c1n[nH]cc1N1CCC2(CC1)OCCO2. The highest BCUT2D eigenvalue weighted by atomic mass is 16.7. The molecule has 82 valence electrons. The third-order valence-corrected chi connectivity index (χ3v) is 3.19. The summed E-state index contributed by atoms with van der Waals surface area (Å²) in [6.45, 7) is 3.43. The average molecular weight is 209 g/mol. The first-order chi connectivity index (χ1) is 7.38. The molecule has 2 aliphatic rings. The normalized spacial score (nSPS) is 24.9. The van der Waals surface area contributed by atoms with Crippen LogP contribution in [0.2, 0.25) is 0 Å². The Balaban J connectivity index is 1.65. The third kappa shape index (κ3) is 1.61. The summed E-state index contributed by atoms with van der Waals surface area (Å²) < 4.78 is 11.3. The average Bonchev–Trinajstić information content (AvgIpc) is 2.91. The molecule has 1 aromatic rings. The van der Waals surface area contributed by atoms with Crippen molar-refractivity contribution in [2.75, 3.05) is 31.2 Å². The van der Waals surface area contributed by atoms with Crippen molar-refractivity contribution in [1.82, 2.24) is 10.2 Å². The second-order valence-corrected chi connectivity index (χ2v) is 4.05. The predicted molar refractivity (Wildman–Crippen MR) is 54.7 cm³/mol. The summed E-state index contributed by atoms with van der Waals surface area (Å²) in [6, 6.07) is 0. The van der Waals surface area contributed by atoms with Crippen molar-refractivity contribution in [2.45, 2.75) is 18.6 Å². The molecule has 3 heterocycles. The van der Waals surface area contributed by atoms with E-state index in [-0.39, 0.29) is 5.79 Å². The summed E-state index contributed by atoms with van der Waals surface area (Å²) in [4.78, 5) is 2.31. The first-order valence-electron chi connectivity index (χ1n) is 5.40. The van der Waals surface area contributed by atoms with Gasteiger partial charge in [-0.05, 0) is 0 Å². The maximum atomic E-state index is 5.67. The number of aromatic amines is 1. The number of nitrogens with zero attached hydrogens (tertiary/aromatic N) is 2. The van der Waals surface area contributed by atoms with E-state index in [0.29, 0.717) is 0 Å². The number of anilines is 1. The lowest BCUT2D eigenvalue weighted by molar-refractivity contribution is -0.169. The minimum atomic E-state index is -0.278.